The van der Waals surface area contributed by atoms with Crippen LogP contribution in [0.15, 0.2) is 47.5 Å². The Bertz CT molecular complexity index is 876. The van der Waals surface area contributed by atoms with Gasteiger partial charge in [-0.25, -0.2) is 0 Å². The van der Waals surface area contributed by atoms with E-state index in [1.54, 1.807) is 0 Å². The Balaban J connectivity index is 1.80. The maximum atomic E-state index is 12.3. The normalized spacial score (nSPS) is 30.0. The highest BCUT2D eigenvalue weighted by atomic mass is 16.1. The largest absolute Gasteiger partial charge is 0.368 e. The molecule has 0 heterocycles. The van der Waals surface area contributed by atoms with Crippen molar-refractivity contribution in [2.24, 2.45) is 27.5 Å². The molecule has 2 aromatic carbocycles. The molecule has 2 fully saturated rings. The van der Waals surface area contributed by atoms with Gasteiger partial charge in [-0.2, -0.15) is 0 Å². The van der Waals surface area contributed by atoms with Crippen molar-refractivity contribution >= 4 is 22.4 Å². The van der Waals surface area contributed by atoms with E-state index in [4.69, 9.17) is 10.7 Å². The highest BCUT2D eigenvalue weighted by molar-refractivity contribution is 6.00. The Morgan fingerprint density at radius 3 is 2.52 bits per heavy atom. The molecule has 2 N–H and O–H groups in total. The number of carbonyl (C=O) groups is 1. The molecule has 4 rings (SSSR count). The predicted octanol–water partition coefficient (Wildman–Crippen LogP) is 4.65. The Kier molecular flexibility index (Phi) is 3.54. The van der Waals surface area contributed by atoms with Gasteiger partial charge in [0.2, 0.25) is 5.91 Å². The summed E-state index contributed by atoms with van der Waals surface area (Å²) in [7, 11) is 0. The molecule has 2 aliphatic rings. The highest BCUT2D eigenvalue weighted by Crippen LogP contribution is 2.60. The van der Waals surface area contributed by atoms with Crippen LogP contribution >= 0.6 is 0 Å². The van der Waals surface area contributed by atoms with Crippen LogP contribution in [0.4, 0.5) is 0 Å². The fourth-order valence-corrected chi connectivity index (χ4v) is 5.17. The molecule has 3 nitrogen and oxygen atoms in total. The molecular weight excluding hydrogens is 308 g/mol. The summed E-state index contributed by atoms with van der Waals surface area (Å²) in [6.45, 7) is 6.86. The second kappa shape index (κ2) is 5.42. The van der Waals surface area contributed by atoms with Gasteiger partial charge in [-0.1, -0.05) is 57.2 Å². The van der Waals surface area contributed by atoms with Gasteiger partial charge in [0.05, 0.1) is 0 Å². The van der Waals surface area contributed by atoms with Gasteiger partial charge in [0.1, 0.15) is 0 Å². The lowest BCUT2D eigenvalue weighted by Gasteiger charge is -2.36. The fraction of sp³-hybridized carbons (Fsp3) is 0.455. The van der Waals surface area contributed by atoms with Gasteiger partial charge in [0, 0.05) is 16.5 Å². The maximum absolute atomic E-state index is 12.3. The third-order valence-corrected chi connectivity index (χ3v) is 6.56. The molecule has 0 aromatic heterocycles. The van der Waals surface area contributed by atoms with Crippen LogP contribution in [0.3, 0.4) is 0 Å². The summed E-state index contributed by atoms with van der Waals surface area (Å²) in [6.07, 6.45) is 3.62. The van der Waals surface area contributed by atoms with E-state index in [1.807, 2.05) is 18.2 Å². The van der Waals surface area contributed by atoms with Crippen molar-refractivity contribution < 1.29 is 4.79 Å². The fourth-order valence-electron chi connectivity index (χ4n) is 5.17. The number of fused-ring (bicyclic) bond motifs is 3. The first kappa shape index (κ1) is 16.3. The Hall–Kier alpha value is -2.16. The lowest BCUT2D eigenvalue weighted by atomic mass is 9.70. The zero-order valence-electron chi connectivity index (χ0n) is 15.3. The number of nitrogens with zero attached hydrogens (tertiary/aromatic N) is 1. The molecule has 0 aliphatic heterocycles. The first-order valence-electron chi connectivity index (χ1n) is 9.18. The number of nitrogens with two attached hydrogens (primary N) is 1. The third-order valence-electron chi connectivity index (χ3n) is 6.56. The number of benzene rings is 2. The summed E-state index contributed by atoms with van der Waals surface area (Å²) in [4.78, 5) is 17.3. The van der Waals surface area contributed by atoms with Gasteiger partial charge >= 0.3 is 0 Å². The maximum Gasteiger partial charge on any atom is 0.246 e. The van der Waals surface area contributed by atoms with Crippen molar-refractivity contribution in [1.82, 2.24) is 0 Å². The SMILES string of the molecule is CC1(C)C(=N[C@H](C(N)=O)c2ccc3ccccc3c2)[C@]2(C)CC[C@H]1C2. The van der Waals surface area contributed by atoms with Crippen LogP contribution < -0.4 is 5.73 Å². The van der Waals surface area contributed by atoms with Crippen LogP contribution in [0.2, 0.25) is 0 Å². The highest BCUT2D eigenvalue weighted by Gasteiger charge is 2.57. The van der Waals surface area contributed by atoms with Gasteiger partial charge in [-0.05, 0) is 47.6 Å². The van der Waals surface area contributed by atoms with E-state index >= 15 is 0 Å². The van der Waals surface area contributed by atoms with Gasteiger partial charge in [0.25, 0.3) is 0 Å². The molecule has 130 valence electrons. The molecule has 0 unspecified atom stereocenters. The van der Waals surface area contributed by atoms with E-state index in [-0.39, 0.29) is 16.7 Å². The number of carbonyl (C=O) groups excluding carboxylic acids is 1. The topological polar surface area (TPSA) is 55.4 Å². The number of rotatable bonds is 3. The molecule has 2 saturated carbocycles. The summed E-state index contributed by atoms with van der Waals surface area (Å²) in [5.74, 6) is 0.298. The third kappa shape index (κ3) is 2.48. The molecule has 0 saturated heterocycles. The van der Waals surface area contributed by atoms with Crippen molar-refractivity contribution in [2.45, 2.75) is 46.1 Å². The van der Waals surface area contributed by atoms with Gasteiger partial charge < -0.3 is 5.73 Å². The summed E-state index contributed by atoms with van der Waals surface area (Å²) >= 11 is 0. The van der Waals surface area contributed by atoms with Gasteiger partial charge in [0.15, 0.2) is 6.04 Å². The van der Waals surface area contributed by atoms with Gasteiger partial charge in [-0.3, -0.25) is 9.79 Å². The summed E-state index contributed by atoms with van der Waals surface area (Å²) in [5, 5.41) is 2.28. The molecular formula is C22H26N2O. The van der Waals surface area contributed by atoms with Crippen molar-refractivity contribution in [3.05, 3.63) is 48.0 Å². The van der Waals surface area contributed by atoms with Crippen LogP contribution in [0, 0.1) is 16.7 Å². The standard InChI is InChI=1S/C22H26N2O/c1-21(2)17-10-11-22(3,13-17)20(21)24-18(19(23)25)16-9-8-14-6-4-5-7-15(14)12-16/h4-9,12,17-18H,10-11,13H2,1-3H3,(H2,23,25)/t17-,18-,22+/m0/s1. The van der Waals surface area contributed by atoms with E-state index in [9.17, 15) is 4.79 Å². The van der Waals surface area contributed by atoms with Crippen molar-refractivity contribution in [2.75, 3.05) is 0 Å². The van der Waals surface area contributed by atoms with E-state index in [1.165, 1.54) is 25.0 Å². The first-order chi connectivity index (χ1) is 11.8. The smallest absolute Gasteiger partial charge is 0.246 e. The molecule has 2 aromatic rings. The Morgan fingerprint density at radius 1 is 1.16 bits per heavy atom. The van der Waals surface area contributed by atoms with Crippen LogP contribution in [-0.2, 0) is 4.79 Å². The summed E-state index contributed by atoms with van der Waals surface area (Å²) in [6, 6.07) is 13.7. The predicted molar refractivity (Wildman–Crippen MR) is 103 cm³/mol. The lowest BCUT2D eigenvalue weighted by Crippen LogP contribution is -2.37. The van der Waals surface area contributed by atoms with Gasteiger partial charge in [-0.15, -0.1) is 0 Å². The number of aliphatic imine (C=N–C) groups is 1. The molecule has 2 bridgehead atoms. The van der Waals surface area contributed by atoms with Crippen LogP contribution in [-0.4, -0.2) is 11.6 Å². The number of amides is 1. The Labute approximate surface area is 149 Å². The zero-order chi connectivity index (χ0) is 17.8. The molecule has 2 aliphatic carbocycles. The van der Waals surface area contributed by atoms with Crippen molar-refractivity contribution in [3.8, 4) is 0 Å². The Morgan fingerprint density at radius 2 is 1.88 bits per heavy atom. The second-order valence-corrected chi connectivity index (χ2v) is 8.61. The monoisotopic (exact) mass is 334 g/mol. The number of primary amides is 1. The summed E-state index contributed by atoms with van der Waals surface area (Å²) < 4.78 is 0. The van der Waals surface area contributed by atoms with E-state index < -0.39 is 6.04 Å². The van der Waals surface area contributed by atoms with Crippen LogP contribution in [0.5, 0.6) is 0 Å². The molecule has 25 heavy (non-hydrogen) atoms. The average molecular weight is 334 g/mol. The molecule has 3 atom stereocenters. The van der Waals surface area contributed by atoms with Crippen molar-refractivity contribution in [3.63, 3.8) is 0 Å². The molecule has 0 spiro atoms. The van der Waals surface area contributed by atoms with E-state index in [0.717, 1.165) is 16.3 Å². The minimum atomic E-state index is -0.602. The second-order valence-electron chi connectivity index (χ2n) is 8.61. The zero-order valence-corrected chi connectivity index (χ0v) is 15.3. The number of hydrogen-bond donors (Lipinski definition) is 1. The van der Waals surface area contributed by atoms with Crippen LogP contribution in [0.1, 0.15) is 51.6 Å². The number of hydrogen-bond acceptors (Lipinski definition) is 2. The molecule has 0 radical (unpaired) electrons. The average Bonchev–Trinajstić information content (AvgIpc) is 3.05. The van der Waals surface area contributed by atoms with Crippen molar-refractivity contribution in [1.29, 1.82) is 0 Å². The summed E-state index contributed by atoms with van der Waals surface area (Å²) in [5.41, 5.74) is 8.03. The quantitative estimate of drug-likeness (QED) is 0.872. The lowest BCUT2D eigenvalue weighted by molar-refractivity contribution is -0.119. The first-order valence-corrected chi connectivity index (χ1v) is 9.18. The van der Waals surface area contributed by atoms with E-state index in [2.05, 4.69) is 45.0 Å². The minimum absolute atomic E-state index is 0.0531. The minimum Gasteiger partial charge on any atom is -0.368 e. The molecule has 1 amide bonds. The van der Waals surface area contributed by atoms with E-state index in [0.29, 0.717) is 5.92 Å². The molecule has 3 heteroatoms. The van der Waals surface area contributed by atoms with Crippen LogP contribution in [0.25, 0.3) is 10.8 Å².